The van der Waals surface area contributed by atoms with Crippen molar-refractivity contribution in [2.45, 2.75) is 32.2 Å². The van der Waals surface area contributed by atoms with Crippen LogP contribution in [0, 0.1) is 0 Å². The van der Waals surface area contributed by atoms with E-state index in [-0.39, 0.29) is 38.4 Å². The molecule has 11 heteroatoms. The number of benzene rings is 1. The van der Waals surface area contributed by atoms with Crippen molar-refractivity contribution in [3.8, 4) is 5.75 Å². The molecule has 0 radical (unpaired) electrons. The van der Waals surface area contributed by atoms with Crippen molar-refractivity contribution in [2.75, 3.05) is 31.3 Å². The van der Waals surface area contributed by atoms with Gasteiger partial charge >= 0.3 is 5.97 Å². The van der Waals surface area contributed by atoms with Crippen LogP contribution in [0.5, 0.6) is 5.75 Å². The number of carbonyl (C=O) groups is 2. The molecule has 7 nitrogen and oxygen atoms in total. The van der Waals surface area contributed by atoms with Gasteiger partial charge in [0.05, 0.1) is 26.6 Å². The molecule has 1 unspecified atom stereocenters. The Bertz CT molecular complexity index is 861. The summed E-state index contributed by atoms with van der Waals surface area (Å²) in [6.07, 6.45) is 1.97. The lowest BCUT2D eigenvalue weighted by atomic mass is 10.2. The molecular weight excluding hydrogens is 465 g/mol. The summed E-state index contributed by atoms with van der Waals surface area (Å²) in [4.78, 5) is 25.9. The Morgan fingerprint density at radius 3 is 2.45 bits per heavy atom. The molecule has 1 aromatic carbocycles. The summed E-state index contributed by atoms with van der Waals surface area (Å²) in [5.41, 5.74) is 0. The Kier molecular flexibility index (Phi) is 8.88. The van der Waals surface area contributed by atoms with E-state index in [4.69, 9.17) is 44.3 Å². The fourth-order valence-electron chi connectivity index (χ4n) is 2.88. The summed E-state index contributed by atoms with van der Waals surface area (Å²) in [7, 11) is -3.13. The predicted octanol–water partition coefficient (Wildman–Crippen LogP) is 3.38. The van der Waals surface area contributed by atoms with Gasteiger partial charge in [0.15, 0.2) is 23.1 Å². The highest BCUT2D eigenvalue weighted by Crippen LogP contribution is 2.33. The summed E-state index contributed by atoms with van der Waals surface area (Å²) in [5.74, 6) is -1.04. The maximum absolute atomic E-state index is 12.5. The van der Waals surface area contributed by atoms with Gasteiger partial charge < -0.3 is 14.4 Å². The maximum atomic E-state index is 12.5. The van der Waals surface area contributed by atoms with Crippen molar-refractivity contribution in [3.05, 3.63) is 27.2 Å². The molecule has 1 aliphatic heterocycles. The first-order valence-electron chi connectivity index (χ1n) is 9.05. The van der Waals surface area contributed by atoms with Crippen molar-refractivity contribution in [2.24, 2.45) is 0 Å². The van der Waals surface area contributed by atoms with Crippen molar-refractivity contribution in [1.82, 2.24) is 4.90 Å². The minimum absolute atomic E-state index is 0.0602. The number of carbonyl (C=O) groups excluding carboxylic acids is 2. The Labute approximate surface area is 185 Å². The van der Waals surface area contributed by atoms with Crippen LogP contribution in [0.3, 0.4) is 0 Å². The van der Waals surface area contributed by atoms with Gasteiger partial charge in [-0.3, -0.25) is 4.79 Å². The van der Waals surface area contributed by atoms with Crippen LogP contribution >= 0.6 is 34.8 Å². The van der Waals surface area contributed by atoms with E-state index in [0.29, 0.717) is 13.0 Å². The lowest BCUT2D eigenvalue weighted by Gasteiger charge is -2.28. The maximum Gasteiger partial charge on any atom is 0.344 e. The third-order valence-electron chi connectivity index (χ3n) is 4.40. The molecule has 0 bridgehead atoms. The van der Waals surface area contributed by atoms with Crippen LogP contribution in [0.2, 0.25) is 15.1 Å². The fraction of sp³-hybridized carbons (Fsp3) is 0.556. The molecule has 1 heterocycles. The highest BCUT2D eigenvalue weighted by Gasteiger charge is 2.34. The zero-order chi connectivity index (χ0) is 21.6. The van der Waals surface area contributed by atoms with Gasteiger partial charge in [-0.15, -0.1) is 0 Å². The molecule has 162 valence electrons. The van der Waals surface area contributed by atoms with Crippen LogP contribution in [0.15, 0.2) is 12.1 Å². The Balaban J connectivity index is 1.88. The smallest absolute Gasteiger partial charge is 0.344 e. The van der Waals surface area contributed by atoms with Crippen LogP contribution in [0.1, 0.15) is 26.2 Å². The highest BCUT2D eigenvalue weighted by molar-refractivity contribution is 7.91. The summed E-state index contributed by atoms with van der Waals surface area (Å²) < 4.78 is 33.7. The number of hydrogen-bond acceptors (Lipinski definition) is 6. The SMILES string of the molecule is CCCCN(C(=O)COC(=O)COc1cc(Cl)c(Cl)cc1Cl)C1CCS(=O)(=O)C1. The molecule has 0 aromatic heterocycles. The number of amides is 1. The van der Waals surface area contributed by atoms with E-state index >= 15 is 0 Å². The van der Waals surface area contributed by atoms with Gasteiger partial charge in [-0.2, -0.15) is 0 Å². The molecule has 0 saturated carbocycles. The molecular formula is C18H22Cl3NO6S. The van der Waals surface area contributed by atoms with Crippen LogP contribution in [-0.4, -0.2) is 62.5 Å². The van der Waals surface area contributed by atoms with Crippen molar-refractivity contribution in [3.63, 3.8) is 0 Å². The second-order valence-electron chi connectivity index (χ2n) is 6.64. The van der Waals surface area contributed by atoms with Crippen molar-refractivity contribution in [1.29, 1.82) is 0 Å². The summed E-state index contributed by atoms with van der Waals surface area (Å²) in [6, 6.07) is 2.37. The zero-order valence-corrected chi connectivity index (χ0v) is 18.9. The lowest BCUT2D eigenvalue weighted by molar-refractivity contribution is -0.154. The number of sulfone groups is 1. The van der Waals surface area contributed by atoms with Crippen molar-refractivity contribution < 1.29 is 27.5 Å². The van der Waals surface area contributed by atoms with Gasteiger partial charge in [0.1, 0.15) is 5.75 Å². The van der Waals surface area contributed by atoms with Gasteiger partial charge in [0.25, 0.3) is 5.91 Å². The molecule has 1 aromatic rings. The van der Waals surface area contributed by atoms with E-state index in [1.165, 1.54) is 17.0 Å². The lowest BCUT2D eigenvalue weighted by Crippen LogP contribution is -2.44. The zero-order valence-electron chi connectivity index (χ0n) is 15.8. The fourth-order valence-corrected chi connectivity index (χ4v) is 5.20. The normalized spacial score (nSPS) is 17.7. The Morgan fingerprint density at radius 2 is 1.83 bits per heavy atom. The third kappa shape index (κ3) is 7.20. The largest absolute Gasteiger partial charge is 0.480 e. The van der Waals surface area contributed by atoms with Crippen LogP contribution in [0.4, 0.5) is 0 Å². The monoisotopic (exact) mass is 485 g/mol. The summed E-state index contributed by atoms with van der Waals surface area (Å²) in [5, 5.41) is 0.641. The first kappa shape index (κ1) is 24.1. The molecule has 0 aliphatic carbocycles. The highest BCUT2D eigenvalue weighted by atomic mass is 35.5. The van der Waals surface area contributed by atoms with Gasteiger partial charge in [0.2, 0.25) is 0 Å². The van der Waals surface area contributed by atoms with Crippen LogP contribution in [-0.2, 0) is 24.2 Å². The molecule has 1 amide bonds. The van der Waals surface area contributed by atoms with E-state index in [2.05, 4.69) is 0 Å². The molecule has 1 saturated heterocycles. The van der Waals surface area contributed by atoms with Crippen molar-refractivity contribution >= 4 is 56.5 Å². The van der Waals surface area contributed by atoms with Crippen LogP contribution < -0.4 is 4.74 Å². The van der Waals surface area contributed by atoms with Gasteiger partial charge in [-0.1, -0.05) is 48.1 Å². The topological polar surface area (TPSA) is 90.0 Å². The van der Waals surface area contributed by atoms with E-state index < -0.39 is 34.9 Å². The first-order chi connectivity index (χ1) is 13.6. The van der Waals surface area contributed by atoms with E-state index in [1.54, 1.807) is 0 Å². The Morgan fingerprint density at radius 1 is 1.14 bits per heavy atom. The minimum Gasteiger partial charge on any atom is -0.480 e. The average molecular weight is 487 g/mol. The van der Waals surface area contributed by atoms with E-state index in [9.17, 15) is 18.0 Å². The van der Waals surface area contributed by atoms with E-state index in [1.807, 2.05) is 6.92 Å². The second-order valence-corrected chi connectivity index (χ2v) is 10.1. The molecule has 29 heavy (non-hydrogen) atoms. The first-order valence-corrected chi connectivity index (χ1v) is 12.0. The second kappa shape index (κ2) is 10.7. The van der Waals surface area contributed by atoms with Gasteiger partial charge in [-0.05, 0) is 18.9 Å². The number of nitrogens with zero attached hydrogens (tertiary/aromatic N) is 1. The average Bonchev–Trinajstić information content (AvgIpc) is 3.01. The summed E-state index contributed by atoms with van der Waals surface area (Å²) in [6.45, 7) is 1.43. The molecule has 1 fully saturated rings. The number of halogens is 3. The van der Waals surface area contributed by atoms with E-state index in [0.717, 1.165) is 12.8 Å². The molecule has 0 spiro atoms. The number of ether oxygens (including phenoxy) is 2. The predicted molar refractivity (Wildman–Crippen MR) is 112 cm³/mol. The standard InChI is InChI=1S/C18H22Cl3NO6S/c1-2-3-5-22(12-4-6-29(25,26)11-12)17(23)9-28-18(24)10-27-16-8-14(20)13(19)7-15(16)21/h7-8,12H,2-6,9-11H2,1H3. The quantitative estimate of drug-likeness (QED) is 0.393. The molecule has 1 aliphatic rings. The van der Waals surface area contributed by atoms with Gasteiger partial charge in [0, 0.05) is 18.7 Å². The van der Waals surface area contributed by atoms with Gasteiger partial charge in [-0.25, -0.2) is 13.2 Å². The molecule has 2 rings (SSSR count). The summed E-state index contributed by atoms with van der Waals surface area (Å²) >= 11 is 17.7. The number of unbranched alkanes of at least 4 members (excludes halogenated alkanes) is 1. The Hall–Kier alpha value is -1.22. The number of rotatable bonds is 9. The molecule has 1 atom stereocenters. The third-order valence-corrected chi connectivity index (χ3v) is 7.17. The number of esters is 1. The number of hydrogen-bond donors (Lipinski definition) is 0. The minimum atomic E-state index is -3.13. The molecule has 0 N–H and O–H groups in total. The van der Waals surface area contributed by atoms with Crippen LogP contribution in [0.25, 0.3) is 0 Å².